The van der Waals surface area contributed by atoms with Gasteiger partial charge in [-0.25, -0.2) is 17.6 Å². The van der Waals surface area contributed by atoms with Crippen LogP contribution >= 0.6 is 0 Å². The summed E-state index contributed by atoms with van der Waals surface area (Å²) in [5, 5.41) is 4.87. The monoisotopic (exact) mass is 408 g/mol. The molecule has 0 heterocycles. The number of rotatable bonds is 4. The highest BCUT2D eigenvalue weighted by Crippen LogP contribution is 2.21. The molecule has 0 bridgehead atoms. The highest BCUT2D eigenvalue weighted by atomic mass is 32.2. The van der Waals surface area contributed by atoms with Gasteiger partial charge in [0, 0.05) is 17.5 Å². The number of halogens is 1. The molecule has 0 fully saturated rings. The zero-order chi connectivity index (χ0) is 21.1. The summed E-state index contributed by atoms with van der Waals surface area (Å²) in [6.45, 7) is 5.20. The van der Waals surface area contributed by atoms with E-state index in [1.165, 1.54) is 24.3 Å². The third-order valence-corrected chi connectivity index (χ3v) is 4.52. The minimum Gasteiger partial charge on any atom is -0.444 e. The van der Waals surface area contributed by atoms with Gasteiger partial charge in [0.15, 0.2) is 9.84 Å². The van der Waals surface area contributed by atoms with Crippen molar-refractivity contribution in [3.8, 4) is 0 Å². The quantitative estimate of drug-likeness (QED) is 0.749. The molecule has 0 spiro atoms. The number of hydrogen-bond donors (Lipinski definition) is 2. The lowest BCUT2D eigenvalue weighted by atomic mass is 10.2. The van der Waals surface area contributed by atoms with Gasteiger partial charge in [-0.3, -0.25) is 10.1 Å². The maximum Gasteiger partial charge on any atom is 0.412 e. The fourth-order valence-electron chi connectivity index (χ4n) is 2.15. The maximum absolute atomic E-state index is 13.9. The molecule has 0 aliphatic rings. The minimum absolute atomic E-state index is 0.110. The van der Waals surface area contributed by atoms with Crippen LogP contribution in [0.5, 0.6) is 0 Å². The topological polar surface area (TPSA) is 102 Å². The fraction of sp³-hybridized carbons (Fsp3) is 0.263. The third-order valence-electron chi connectivity index (χ3n) is 3.41. The predicted molar refractivity (Wildman–Crippen MR) is 104 cm³/mol. The first-order valence-corrected chi connectivity index (χ1v) is 10.2. The molecule has 0 saturated heterocycles. The van der Waals surface area contributed by atoms with Crippen molar-refractivity contribution in [3.63, 3.8) is 0 Å². The molecule has 0 aliphatic carbocycles. The molecule has 9 heteroatoms. The zero-order valence-corrected chi connectivity index (χ0v) is 16.7. The molecule has 0 unspecified atom stereocenters. The second kappa shape index (κ2) is 7.97. The summed E-state index contributed by atoms with van der Waals surface area (Å²) in [7, 11) is -3.54. The Morgan fingerprint density at radius 1 is 1.00 bits per heavy atom. The van der Waals surface area contributed by atoms with Crippen molar-refractivity contribution in [1.82, 2.24) is 0 Å². The second-order valence-corrected chi connectivity index (χ2v) is 9.09. The third kappa shape index (κ3) is 6.05. The van der Waals surface area contributed by atoms with E-state index < -0.39 is 33.3 Å². The van der Waals surface area contributed by atoms with Crippen LogP contribution in [0.4, 0.5) is 20.6 Å². The van der Waals surface area contributed by atoms with Crippen LogP contribution in [0.15, 0.2) is 47.4 Å². The highest BCUT2D eigenvalue weighted by molar-refractivity contribution is 7.90. The number of carbonyl (C=O) groups excluding carboxylic acids is 2. The SMILES string of the molecule is CC(C)(C)OC(=O)Nc1ccc(C(=O)Nc2cc(S(C)(=O)=O)ccc2F)cc1. The molecule has 0 aromatic heterocycles. The summed E-state index contributed by atoms with van der Waals surface area (Å²) in [6.07, 6.45) is 0.353. The summed E-state index contributed by atoms with van der Waals surface area (Å²) in [6, 6.07) is 8.99. The molecule has 2 rings (SSSR count). The van der Waals surface area contributed by atoms with E-state index in [2.05, 4.69) is 10.6 Å². The molecule has 2 N–H and O–H groups in total. The Hall–Kier alpha value is -2.94. The van der Waals surface area contributed by atoms with Gasteiger partial charge in [0.2, 0.25) is 0 Å². The van der Waals surface area contributed by atoms with Crippen LogP contribution in [0, 0.1) is 5.82 Å². The van der Waals surface area contributed by atoms with Crippen LogP contribution in [0.2, 0.25) is 0 Å². The van der Waals surface area contributed by atoms with Crippen LogP contribution in [-0.4, -0.2) is 32.3 Å². The zero-order valence-electron chi connectivity index (χ0n) is 15.9. The van der Waals surface area contributed by atoms with Gasteiger partial charge >= 0.3 is 6.09 Å². The standard InChI is InChI=1S/C19H21FN2O5S/c1-19(2,3)27-18(24)21-13-7-5-12(6-8-13)17(23)22-16-11-14(28(4,25)26)9-10-15(16)20/h5-11H,1-4H3,(H,21,24)(H,22,23). The fourth-order valence-corrected chi connectivity index (χ4v) is 2.80. The number of ether oxygens (including phenoxy) is 1. The minimum atomic E-state index is -3.54. The second-order valence-electron chi connectivity index (χ2n) is 7.07. The van der Waals surface area contributed by atoms with Crippen molar-refractivity contribution in [1.29, 1.82) is 0 Å². The van der Waals surface area contributed by atoms with E-state index in [0.717, 1.165) is 24.5 Å². The number of nitrogens with one attached hydrogen (secondary N) is 2. The predicted octanol–water partition coefficient (Wildman–Crippen LogP) is 3.83. The molecule has 28 heavy (non-hydrogen) atoms. The van der Waals surface area contributed by atoms with Crippen molar-refractivity contribution < 1.29 is 27.1 Å². The van der Waals surface area contributed by atoms with E-state index in [-0.39, 0.29) is 16.1 Å². The lowest BCUT2D eigenvalue weighted by Crippen LogP contribution is -2.27. The van der Waals surface area contributed by atoms with E-state index in [4.69, 9.17) is 4.74 Å². The molecule has 2 aromatic carbocycles. The Morgan fingerprint density at radius 2 is 1.61 bits per heavy atom. The van der Waals surface area contributed by atoms with Crippen LogP contribution in [0.25, 0.3) is 0 Å². The molecule has 0 saturated carbocycles. The summed E-state index contributed by atoms with van der Waals surface area (Å²) < 4.78 is 42.2. The van der Waals surface area contributed by atoms with E-state index in [0.29, 0.717) is 5.69 Å². The van der Waals surface area contributed by atoms with Crippen molar-refractivity contribution in [3.05, 3.63) is 53.8 Å². The summed E-state index contributed by atoms with van der Waals surface area (Å²) in [5.74, 6) is -1.39. The number of benzene rings is 2. The Bertz CT molecular complexity index is 996. The van der Waals surface area contributed by atoms with Crippen LogP contribution in [-0.2, 0) is 14.6 Å². The van der Waals surface area contributed by atoms with Gasteiger partial charge in [0.05, 0.1) is 10.6 Å². The molecule has 150 valence electrons. The van der Waals surface area contributed by atoms with Gasteiger partial charge in [-0.1, -0.05) is 0 Å². The first-order valence-electron chi connectivity index (χ1n) is 8.26. The van der Waals surface area contributed by atoms with Gasteiger partial charge in [-0.2, -0.15) is 0 Å². The van der Waals surface area contributed by atoms with Gasteiger partial charge in [0.25, 0.3) is 5.91 Å². The Labute approximate surface area is 162 Å². The van der Waals surface area contributed by atoms with Gasteiger partial charge in [0.1, 0.15) is 11.4 Å². The largest absolute Gasteiger partial charge is 0.444 e. The highest BCUT2D eigenvalue weighted by Gasteiger charge is 2.17. The molecule has 2 amide bonds. The molecule has 2 aromatic rings. The summed E-state index contributed by atoms with van der Waals surface area (Å²) >= 11 is 0. The van der Waals surface area contributed by atoms with E-state index in [1.54, 1.807) is 20.8 Å². The molecule has 0 atom stereocenters. The Balaban J connectivity index is 2.11. The smallest absolute Gasteiger partial charge is 0.412 e. The Morgan fingerprint density at radius 3 is 2.14 bits per heavy atom. The first kappa shape index (κ1) is 21.4. The lowest BCUT2D eigenvalue weighted by Gasteiger charge is -2.19. The molecular weight excluding hydrogens is 387 g/mol. The van der Waals surface area contributed by atoms with E-state index >= 15 is 0 Å². The number of sulfone groups is 1. The van der Waals surface area contributed by atoms with Crippen molar-refractivity contribution in [2.24, 2.45) is 0 Å². The van der Waals surface area contributed by atoms with Crippen LogP contribution < -0.4 is 10.6 Å². The first-order chi connectivity index (χ1) is 12.8. The number of anilines is 2. The average Bonchev–Trinajstić information content (AvgIpc) is 2.54. The van der Waals surface area contributed by atoms with E-state index in [1.807, 2.05) is 0 Å². The van der Waals surface area contributed by atoms with Crippen molar-refractivity contribution in [2.45, 2.75) is 31.3 Å². The number of carbonyl (C=O) groups is 2. The molecular formula is C19H21FN2O5S. The summed E-state index contributed by atoms with van der Waals surface area (Å²) in [5.41, 5.74) is -0.284. The summed E-state index contributed by atoms with van der Waals surface area (Å²) in [4.78, 5) is 23.9. The van der Waals surface area contributed by atoms with Gasteiger partial charge in [-0.15, -0.1) is 0 Å². The lowest BCUT2D eigenvalue weighted by molar-refractivity contribution is 0.0635. The van der Waals surface area contributed by atoms with Gasteiger partial charge in [-0.05, 0) is 63.2 Å². The van der Waals surface area contributed by atoms with Crippen LogP contribution in [0.1, 0.15) is 31.1 Å². The average molecular weight is 408 g/mol. The number of hydrogen-bond acceptors (Lipinski definition) is 5. The molecule has 0 aliphatic heterocycles. The molecule has 7 nitrogen and oxygen atoms in total. The maximum atomic E-state index is 13.9. The Kier molecular flexibility index (Phi) is 6.08. The van der Waals surface area contributed by atoms with Crippen molar-refractivity contribution in [2.75, 3.05) is 16.9 Å². The van der Waals surface area contributed by atoms with Gasteiger partial charge < -0.3 is 10.1 Å². The van der Waals surface area contributed by atoms with E-state index in [9.17, 15) is 22.4 Å². The normalized spacial score (nSPS) is 11.6. The van der Waals surface area contributed by atoms with Crippen molar-refractivity contribution >= 4 is 33.2 Å². The molecule has 0 radical (unpaired) electrons. The van der Waals surface area contributed by atoms with Crippen LogP contribution in [0.3, 0.4) is 0 Å². The number of amides is 2.